The molecule has 3 aromatic heterocycles. The van der Waals surface area contributed by atoms with Crippen LogP contribution in [0.1, 0.15) is 35.6 Å². The quantitative estimate of drug-likeness (QED) is 0.238. The van der Waals surface area contributed by atoms with Gasteiger partial charge in [-0.25, -0.2) is 12.4 Å². The van der Waals surface area contributed by atoms with Crippen molar-refractivity contribution in [3.8, 4) is 22.6 Å². The standard InChI is InChI=1S/C31H28ClN3O5S/c1-18-8-12-22(13-9-18)41(38,39)35-27(32)14-24-25(16-33(4)31(37)29(24)35)23-15-28(36)34(21-10-11-21)17-26(23)40-30-19(2)6-5-7-20(30)3/h5-9,12-17,21H,10-11H2,1-4H3. The third kappa shape index (κ3) is 4.59. The first kappa shape index (κ1) is 27.1. The second-order valence-corrected chi connectivity index (χ2v) is 12.8. The number of para-hydroxylation sites is 1. The molecule has 5 aromatic rings. The number of fused-ring (bicyclic) bond motifs is 1. The molecule has 0 saturated heterocycles. The number of hydrogen-bond acceptors (Lipinski definition) is 5. The van der Waals surface area contributed by atoms with Gasteiger partial charge in [0, 0.05) is 41.9 Å². The molecule has 1 saturated carbocycles. The molecule has 0 bridgehead atoms. The van der Waals surface area contributed by atoms with Crippen LogP contribution < -0.4 is 15.9 Å². The Morgan fingerprint density at radius 3 is 2.20 bits per heavy atom. The number of pyridine rings is 2. The van der Waals surface area contributed by atoms with Gasteiger partial charge >= 0.3 is 0 Å². The molecule has 8 nitrogen and oxygen atoms in total. The van der Waals surface area contributed by atoms with Crippen LogP contribution in [0.25, 0.3) is 22.0 Å². The van der Waals surface area contributed by atoms with Crippen molar-refractivity contribution in [3.63, 3.8) is 0 Å². The molecule has 0 unspecified atom stereocenters. The van der Waals surface area contributed by atoms with Gasteiger partial charge in [-0.05, 0) is 62.9 Å². The highest BCUT2D eigenvalue weighted by Gasteiger charge is 2.29. The summed E-state index contributed by atoms with van der Waals surface area (Å²) in [5, 5.41) is 0.150. The summed E-state index contributed by atoms with van der Waals surface area (Å²) in [6, 6.07) is 15.2. The average molecular weight is 590 g/mol. The van der Waals surface area contributed by atoms with E-state index in [1.54, 1.807) is 29.1 Å². The Morgan fingerprint density at radius 2 is 1.56 bits per heavy atom. The summed E-state index contributed by atoms with van der Waals surface area (Å²) in [5.41, 5.74) is 2.74. The van der Waals surface area contributed by atoms with Crippen molar-refractivity contribution >= 4 is 32.5 Å². The van der Waals surface area contributed by atoms with Gasteiger partial charge in [0.05, 0.1) is 11.1 Å². The van der Waals surface area contributed by atoms with E-state index in [1.807, 2.05) is 39.0 Å². The van der Waals surface area contributed by atoms with E-state index in [1.165, 1.54) is 35.9 Å². The third-order valence-electron chi connectivity index (χ3n) is 7.51. The number of ether oxygens (including phenoxy) is 1. The molecule has 0 amide bonds. The molecule has 1 aliphatic carbocycles. The lowest BCUT2D eigenvalue weighted by molar-refractivity contribution is 0.467. The van der Waals surface area contributed by atoms with E-state index in [-0.39, 0.29) is 27.2 Å². The first-order valence-electron chi connectivity index (χ1n) is 13.2. The number of nitrogens with zero attached hydrogens (tertiary/aromatic N) is 3. The van der Waals surface area contributed by atoms with Gasteiger partial charge in [-0.15, -0.1) is 0 Å². The van der Waals surface area contributed by atoms with Gasteiger partial charge < -0.3 is 13.9 Å². The van der Waals surface area contributed by atoms with E-state index in [0.29, 0.717) is 28.0 Å². The lowest BCUT2D eigenvalue weighted by atomic mass is 10.0. The largest absolute Gasteiger partial charge is 0.455 e. The van der Waals surface area contributed by atoms with Crippen LogP contribution in [0.3, 0.4) is 0 Å². The molecular formula is C31H28ClN3O5S. The van der Waals surface area contributed by atoms with Gasteiger partial charge in [0.15, 0.2) is 5.75 Å². The summed E-state index contributed by atoms with van der Waals surface area (Å²) in [5.74, 6) is 1.08. The Labute approximate surface area is 242 Å². The van der Waals surface area contributed by atoms with E-state index in [0.717, 1.165) is 33.5 Å². The molecule has 3 heterocycles. The zero-order valence-corrected chi connectivity index (χ0v) is 24.6. The number of halogens is 1. The Morgan fingerprint density at radius 1 is 0.902 bits per heavy atom. The van der Waals surface area contributed by atoms with Crippen molar-refractivity contribution in [1.82, 2.24) is 13.1 Å². The number of aryl methyl sites for hydroxylation is 4. The summed E-state index contributed by atoms with van der Waals surface area (Å²) in [7, 11) is -2.69. The first-order chi connectivity index (χ1) is 19.5. The first-order valence-corrected chi connectivity index (χ1v) is 15.0. The van der Waals surface area contributed by atoms with Gasteiger partial charge in [0.1, 0.15) is 16.4 Å². The minimum atomic E-state index is -4.22. The minimum absolute atomic E-state index is 0.000960. The third-order valence-corrected chi connectivity index (χ3v) is 9.61. The Hall–Kier alpha value is -4.08. The van der Waals surface area contributed by atoms with Gasteiger partial charge in [0.25, 0.3) is 21.1 Å². The smallest absolute Gasteiger partial charge is 0.275 e. The van der Waals surface area contributed by atoms with Crippen molar-refractivity contribution < 1.29 is 13.2 Å². The molecule has 0 atom stereocenters. The molecule has 6 rings (SSSR count). The Balaban J connectivity index is 1.64. The molecule has 2 aromatic carbocycles. The molecule has 1 aliphatic rings. The van der Waals surface area contributed by atoms with Crippen LogP contribution in [-0.4, -0.2) is 21.5 Å². The predicted octanol–water partition coefficient (Wildman–Crippen LogP) is 6.11. The summed E-state index contributed by atoms with van der Waals surface area (Å²) in [6.45, 7) is 5.74. The molecule has 0 spiro atoms. The molecular weight excluding hydrogens is 562 g/mol. The number of rotatable bonds is 6. The topological polar surface area (TPSA) is 92.3 Å². The van der Waals surface area contributed by atoms with Crippen molar-refractivity contribution in [2.24, 2.45) is 7.05 Å². The number of aromatic nitrogens is 3. The van der Waals surface area contributed by atoms with Crippen LogP contribution >= 0.6 is 11.6 Å². The van der Waals surface area contributed by atoms with Crippen molar-refractivity contribution in [1.29, 1.82) is 0 Å². The molecule has 0 radical (unpaired) electrons. The van der Waals surface area contributed by atoms with E-state index < -0.39 is 15.6 Å². The summed E-state index contributed by atoms with van der Waals surface area (Å²) in [4.78, 5) is 26.8. The van der Waals surface area contributed by atoms with E-state index >= 15 is 0 Å². The van der Waals surface area contributed by atoms with Gasteiger partial charge in [-0.3, -0.25) is 9.59 Å². The average Bonchev–Trinajstić information content (AvgIpc) is 3.70. The minimum Gasteiger partial charge on any atom is -0.455 e. The molecule has 10 heteroatoms. The molecule has 1 fully saturated rings. The van der Waals surface area contributed by atoms with E-state index in [9.17, 15) is 18.0 Å². The maximum absolute atomic E-state index is 13.8. The lowest BCUT2D eigenvalue weighted by Crippen LogP contribution is -2.23. The zero-order chi connectivity index (χ0) is 29.2. The Bertz CT molecular complexity index is 2070. The normalized spacial score (nSPS) is 13.6. The van der Waals surface area contributed by atoms with Crippen LogP contribution in [0.5, 0.6) is 11.5 Å². The van der Waals surface area contributed by atoms with Gasteiger partial charge in [-0.1, -0.05) is 47.5 Å². The molecule has 0 aliphatic heterocycles. The maximum Gasteiger partial charge on any atom is 0.275 e. The monoisotopic (exact) mass is 589 g/mol. The highest BCUT2D eigenvalue weighted by molar-refractivity contribution is 7.90. The highest BCUT2D eigenvalue weighted by Crippen LogP contribution is 2.41. The summed E-state index contributed by atoms with van der Waals surface area (Å²) < 4.78 is 37.9. The van der Waals surface area contributed by atoms with Crippen molar-refractivity contribution in [3.05, 3.63) is 110 Å². The van der Waals surface area contributed by atoms with Crippen molar-refractivity contribution in [2.45, 2.75) is 44.6 Å². The van der Waals surface area contributed by atoms with Crippen LogP contribution in [0.15, 0.2) is 81.5 Å². The fourth-order valence-corrected chi connectivity index (χ4v) is 7.01. The maximum atomic E-state index is 13.8. The summed E-state index contributed by atoms with van der Waals surface area (Å²) in [6.07, 6.45) is 5.10. The van der Waals surface area contributed by atoms with Gasteiger partial charge in [-0.2, -0.15) is 0 Å². The van der Waals surface area contributed by atoms with Gasteiger partial charge in [0.2, 0.25) is 0 Å². The SMILES string of the molecule is Cc1ccc(S(=O)(=O)n2c(Cl)cc3c(-c4cc(=O)n(C5CC5)cc4Oc4c(C)cccc4C)cn(C)c(=O)c32)cc1. The fourth-order valence-electron chi connectivity index (χ4n) is 5.15. The Kier molecular flexibility index (Phi) is 6.47. The number of hydrogen-bond donors (Lipinski definition) is 0. The van der Waals surface area contributed by atoms with Crippen LogP contribution in [0, 0.1) is 20.8 Å². The van der Waals surface area contributed by atoms with Crippen LogP contribution in [0.4, 0.5) is 0 Å². The number of benzene rings is 2. The highest BCUT2D eigenvalue weighted by atomic mass is 35.5. The second kappa shape index (κ2) is 9.78. The fraction of sp³-hybridized carbons (Fsp3) is 0.226. The second-order valence-electron chi connectivity index (χ2n) is 10.6. The molecule has 41 heavy (non-hydrogen) atoms. The van der Waals surface area contributed by atoms with Crippen LogP contribution in [0.2, 0.25) is 5.15 Å². The molecule has 210 valence electrons. The predicted molar refractivity (Wildman–Crippen MR) is 160 cm³/mol. The lowest BCUT2D eigenvalue weighted by Gasteiger charge is -2.18. The molecule has 0 N–H and O–H groups in total. The van der Waals surface area contributed by atoms with Crippen LogP contribution in [-0.2, 0) is 17.1 Å². The van der Waals surface area contributed by atoms with Crippen molar-refractivity contribution in [2.75, 3.05) is 0 Å². The summed E-state index contributed by atoms with van der Waals surface area (Å²) >= 11 is 6.57. The zero-order valence-electron chi connectivity index (χ0n) is 23.0. The van der Waals surface area contributed by atoms with E-state index in [2.05, 4.69) is 0 Å². The van der Waals surface area contributed by atoms with E-state index in [4.69, 9.17) is 16.3 Å².